The summed E-state index contributed by atoms with van der Waals surface area (Å²) in [5.74, 6) is 0.670. The Morgan fingerprint density at radius 1 is 1.27 bits per heavy atom. The number of hydrogen-bond acceptors (Lipinski definition) is 3. The minimum atomic E-state index is -2.95. The number of nitrogens with zero attached hydrogens (tertiary/aromatic N) is 1. The van der Waals surface area contributed by atoms with Gasteiger partial charge >= 0.3 is 0 Å². The topological polar surface area (TPSA) is 57.6 Å². The van der Waals surface area contributed by atoms with E-state index in [0.717, 1.165) is 32.1 Å². The van der Waals surface area contributed by atoms with Gasteiger partial charge in [0.2, 0.25) is 10.0 Å². The normalized spacial score (nSPS) is 36.9. The predicted molar refractivity (Wildman–Crippen MR) is 57.9 cm³/mol. The van der Waals surface area contributed by atoms with Crippen LogP contribution in [0.4, 0.5) is 0 Å². The van der Waals surface area contributed by atoms with Gasteiger partial charge in [0.05, 0.1) is 11.9 Å². The Bertz CT molecular complexity index is 315. The van der Waals surface area contributed by atoms with Crippen LogP contribution in [0.25, 0.3) is 0 Å². The van der Waals surface area contributed by atoms with Crippen LogP contribution >= 0.6 is 0 Å². The highest BCUT2D eigenvalue weighted by atomic mass is 32.2. The average Bonchev–Trinajstić information content (AvgIpc) is 2.46. The van der Waals surface area contributed by atoms with Gasteiger partial charge in [-0.3, -0.25) is 0 Å². The summed E-state index contributed by atoms with van der Waals surface area (Å²) in [5, 5.41) is 9.52. The van der Waals surface area contributed by atoms with Crippen molar-refractivity contribution in [2.24, 2.45) is 5.92 Å². The fourth-order valence-electron chi connectivity index (χ4n) is 2.61. The molecule has 2 unspecified atom stereocenters. The first-order valence-corrected chi connectivity index (χ1v) is 7.35. The van der Waals surface area contributed by atoms with Crippen molar-refractivity contribution in [2.75, 3.05) is 18.8 Å². The van der Waals surface area contributed by atoms with Crippen LogP contribution in [0.5, 0.6) is 0 Å². The Balaban J connectivity index is 1.91. The van der Waals surface area contributed by atoms with Crippen molar-refractivity contribution in [1.29, 1.82) is 0 Å². The van der Waals surface area contributed by atoms with Crippen LogP contribution in [0.1, 0.15) is 32.1 Å². The van der Waals surface area contributed by atoms with Crippen molar-refractivity contribution in [3.05, 3.63) is 0 Å². The summed E-state index contributed by atoms with van der Waals surface area (Å²) < 4.78 is 24.8. The van der Waals surface area contributed by atoms with Crippen LogP contribution < -0.4 is 0 Å². The number of hydrogen-bond donors (Lipinski definition) is 1. The zero-order valence-corrected chi connectivity index (χ0v) is 9.75. The molecule has 4 nitrogen and oxygen atoms in total. The van der Waals surface area contributed by atoms with Crippen molar-refractivity contribution in [3.63, 3.8) is 0 Å². The summed E-state index contributed by atoms with van der Waals surface area (Å²) in [5.41, 5.74) is 0. The number of aliphatic hydroxyl groups is 1. The van der Waals surface area contributed by atoms with Gasteiger partial charge in [-0.25, -0.2) is 12.7 Å². The summed E-state index contributed by atoms with van der Waals surface area (Å²) in [4.78, 5) is 0. The maximum Gasteiger partial charge on any atom is 0.214 e. The SMILES string of the molecule is O=S1(=O)CCCN1CC1CCCC(O)C1. The zero-order chi connectivity index (χ0) is 10.9. The fraction of sp³-hybridized carbons (Fsp3) is 1.00. The summed E-state index contributed by atoms with van der Waals surface area (Å²) in [6, 6.07) is 0. The lowest BCUT2D eigenvalue weighted by Crippen LogP contribution is -2.34. The van der Waals surface area contributed by atoms with Crippen LogP contribution in [0.3, 0.4) is 0 Å². The third-order valence-corrected chi connectivity index (χ3v) is 5.34. The molecule has 2 fully saturated rings. The minimum absolute atomic E-state index is 0.214. The van der Waals surface area contributed by atoms with Crippen molar-refractivity contribution >= 4 is 10.0 Å². The molecule has 5 heteroatoms. The summed E-state index contributed by atoms with van der Waals surface area (Å²) >= 11 is 0. The second-order valence-corrected chi connectivity index (χ2v) is 6.80. The Morgan fingerprint density at radius 2 is 2.07 bits per heavy atom. The van der Waals surface area contributed by atoms with E-state index in [1.807, 2.05) is 0 Å². The molecule has 0 aromatic heterocycles. The van der Waals surface area contributed by atoms with Crippen LogP contribution in [-0.2, 0) is 10.0 Å². The number of rotatable bonds is 2. The first-order chi connectivity index (χ1) is 7.08. The Kier molecular flexibility index (Phi) is 3.33. The molecule has 1 heterocycles. The maximum atomic E-state index is 11.6. The monoisotopic (exact) mass is 233 g/mol. The predicted octanol–water partition coefficient (Wildman–Crippen LogP) is 0.573. The quantitative estimate of drug-likeness (QED) is 0.758. The molecular weight excluding hydrogens is 214 g/mol. The molecule has 1 aliphatic carbocycles. The van der Waals surface area contributed by atoms with Gasteiger partial charge in [-0.2, -0.15) is 0 Å². The van der Waals surface area contributed by atoms with Crippen LogP contribution in [0.2, 0.25) is 0 Å². The molecule has 0 spiro atoms. The molecule has 1 saturated heterocycles. The molecule has 1 aliphatic heterocycles. The molecule has 2 rings (SSSR count). The highest BCUT2D eigenvalue weighted by molar-refractivity contribution is 7.89. The molecule has 0 aromatic carbocycles. The number of aliphatic hydroxyl groups excluding tert-OH is 1. The van der Waals surface area contributed by atoms with Gasteiger partial charge in [0, 0.05) is 13.1 Å². The molecule has 1 N–H and O–H groups in total. The highest BCUT2D eigenvalue weighted by Crippen LogP contribution is 2.27. The van der Waals surface area contributed by atoms with E-state index in [-0.39, 0.29) is 6.10 Å². The van der Waals surface area contributed by atoms with Crippen molar-refractivity contribution in [3.8, 4) is 0 Å². The molecule has 88 valence electrons. The van der Waals surface area contributed by atoms with E-state index < -0.39 is 10.0 Å². The van der Waals surface area contributed by atoms with Crippen LogP contribution in [0, 0.1) is 5.92 Å². The Hall–Kier alpha value is -0.130. The molecule has 2 atom stereocenters. The Morgan fingerprint density at radius 3 is 2.67 bits per heavy atom. The lowest BCUT2D eigenvalue weighted by molar-refractivity contribution is 0.0947. The fourth-order valence-corrected chi connectivity index (χ4v) is 4.21. The number of sulfonamides is 1. The smallest absolute Gasteiger partial charge is 0.214 e. The van der Waals surface area contributed by atoms with Crippen molar-refractivity contribution in [2.45, 2.75) is 38.2 Å². The molecule has 0 bridgehead atoms. The molecule has 0 radical (unpaired) electrons. The van der Waals surface area contributed by atoms with Gasteiger partial charge in [-0.05, 0) is 31.6 Å². The maximum absolute atomic E-state index is 11.6. The zero-order valence-electron chi connectivity index (χ0n) is 8.93. The molecule has 0 amide bonds. The van der Waals surface area contributed by atoms with Gasteiger partial charge in [-0.1, -0.05) is 6.42 Å². The van der Waals surface area contributed by atoms with E-state index in [2.05, 4.69) is 0 Å². The van der Waals surface area contributed by atoms with E-state index in [4.69, 9.17) is 0 Å². The summed E-state index contributed by atoms with van der Waals surface area (Å²) in [7, 11) is -2.95. The first-order valence-electron chi connectivity index (χ1n) is 5.74. The van der Waals surface area contributed by atoms with Gasteiger partial charge in [-0.15, -0.1) is 0 Å². The van der Waals surface area contributed by atoms with Gasteiger partial charge in [0.25, 0.3) is 0 Å². The molecule has 1 saturated carbocycles. The van der Waals surface area contributed by atoms with E-state index >= 15 is 0 Å². The molecule has 2 aliphatic rings. The van der Waals surface area contributed by atoms with Crippen molar-refractivity contribution < 1.29 is 13.5 Å². The van der Waals surface area contributed by atoms with Crippen LogP contribution in [0.15, 0.2) is 0 Å². The third kappa shape index (κ3) is 2.71. The minimum Gasteiger partial charge on any atom is -0.393 e. The second kappa shape index (κ2) is 4.39. The van der Waals surface area contributed by atoms with E-state index in [1.165, 1.54) is 0 Å². The summed E-state index contributed by atoms with van der Waals surface area (Å²) in [6.07, 6.45) is 4.28. The lowest BCUT2D eigenvalue weighted by Gasteiger charge is -2.28. The third-order valence-electron chi connectivity index (χ3n) is 3.42. The first kappa shape index (κ1) is 11.4. The Labute approximate surface area is 91.3 Å². The standard InChI is InChI=1S/C10H19NO3S/c12-10-4-1-3-9(7-10)8-11-5-2-6-15(11,13)14/h9-10,12H,1-8H2. The van der Waals surface area contributed by atoms with E-state index in [9.17, 15) is 13.5 Å². The largest absolute Gasteiger partial charge is 0.393 e. The molecule has 0 aromatic rings. The van der Waals surface area contributed by atoms with E-state index in [0.29, 0.717) is 24.8 Å². The van der Waals surface area contributed by atoms with E-state index in [1.54, 1.807) is 4.31 Å². The molecular formula is C10H19NO3S. The van der Waals surface area contributed by atoms with Gasteiger partial charge < -0.3 is 5.11 Å². The second-order valence-electron chi connectivity index (χ2n) is 4.71. The molecule has 15 heavy (non-hydrogen) atoms. The van der Waals surface area contributed by atoms with Crippen LogP contribution in [-0.4, -0.2) is 42.8 Å². The highest BCUT2D eigenvalue weighted by Gasteiger charge is 2.31. The van der Waals surface area contributed by atoms with Crippen molar-refractivity contribution in [1.82, 2.24) is 4.31 Å². The summed E-state index contributed by atoms with van der Waals surface area (Å²) in [6.45, 7) is 1.30. The lowest BCUT2D eigenvalue weighted by atomic mass is 9.87. The van der Waals surface area contributed by atoms with Gasteiger partial charge in [0.15, 0.2) is 0 Å². The average molecular weight is 233 g/mol. The van der Waals surface area contributed by atoms with Gasteiger partial charge in [0.1, 0.15) is 0 Å².